The van der Waals surface area contributed by atoms with Crippen LogP contribution in [0.25, 0.3) is 0 Å². The van der Waals surface area contributed by atoms with Crippen molar-refractivity contribution in [1.82, 2.24) is 5.32 Å². The van der Waals surface area contributed by atoms with Gasteiger partial charge in [0, 0.05) is 6.54 Å². The van der Waals surface area contributed by atoms with Crippen LogP contribution in [-0.4, -0.2) is 38.3 Å². The van der Waals surface area contributed by atoms with Gasteiger partial charge in [-0.15, -0.1) is 0 Å². The summed E-state index contributed by atoms with van der Waals surface area (Å²) in [7, 11) is 0. The Labute approximate surface area is 106 Å². The molecular formula is C12H17N3O3. The maximum Gasteiger partial charge on any atom is 0.338 e. The van der Waals surface area contributed by atoms with Crippen LogP contribution < -0.4 is 11.1 Å². The molecule has 0 saturated carbocycles. The Morgan fingerprint density at radius 3 is 2.61 bits per heavy atom. The normalized spacial score (nSPS) is 9.78. The molecule has 18 heavy (non-hydrogen) atoms. The van der Waals surface area contributed by atoms with E-state index < -0.39 is 0 Å². The fourth-order valence-electron chi connectivity index (χ4n) is 1.21. The zero-order chi connectivity index (χ0) is 13.2. The number of esters is 1. The summed E-state index contributed by atoms with van der Waals surface area (Å²) in [5, 5.41) is 9.50. The minimum Gasteiger partial charge on any atom is -0.460 e. The van der Waals surface area contributed by atoms with Gasteiger partial charge in [0.05, 0.1) is 18.8 Å². The first-order valence-electron chi connectivity index (χ1n) is 5.58. The highest BCUT2D eigenvalue weighted by Gasteiger charge is 2.04. The van der Waals surface area contributed by atoms with Crippen molar-refractivity contribution in [3.05, 3.63) is 35.9 Å². The molecule has 0 unspecified atom stereocenters. The third-order valence-corrected chi connectivity index (χ3v) is 2.03. The first-order chi connectivity index (χ1) is 8.70. The molecule has 6 heteroatoms. The molecule has 0 fully saturated rings. The number of ether oxygens (including phenoxy) is 2. The Morgan fingerprint density at radius 1 is 1.22 bits per heavy atom. The van der Waals surface area contributed by atoms with Crippen molar-refractivity contribution in [1.29, 1.82) is 5.41 Å². The van der Waals surface area contributed by atoms with Crippen molar-refractivity contribution in [2.24, 2.45) is 5.73 Å². The minimum atomic E-state index is -0.360. The standard InChI is InChI=1S/C12H17N3O3/c13-12(14)15-6-7-17-8-9-18-11(16)10-4-2-1-3-5-10/h1-5H,6-9H2,(H4,13,14,15). The molecule has 0 bridgehead atoms. The fourth-order valence-corrected chi connectivity index (χ4v) is 1.21. The maximum atomic E-state index is 11.5. The molecule has 0 aliphatic carbocycles. The average molecular weight is 251 g/mol. The molecule has 0 aromatic heterocycles. The number of nitrogens with one attached hydrogen (secondary N) is 2. The van der Waals surface area contributed by atoms with Crippen molar-refractivity contribution in [2.45, 2.75) is 0 Å². The van der Waals surface area contributed by atoms with Gasteiger partial charge < -0.3 is 20.5 Å². The van der Waals surface area contributed by atoms with E-state index >= 15 is 0 Å². The van der Waals surface area contributed by atoms with Crippen LogP contribution in [0.1, 0.15) is 10.4 Å². The highest BCUT2D eigenvalue weighted by atomic mass is 16.6. The van der Waals surface area contributed by atoms with Crippen LogP contribution in [0.2, 0.25) is 0 Å². The van der Waals surface area contributed by atoms with E-state index in [1.54, 1.807) is 24.3 Å². The lowest BCUT2D eigenvalue weighted by Crippen LogP contribution is -2.33. The molecule has 0 radical (unpaired) electrons. The van der Waals surface area contributed by atoms with Crippen LogP contribution in [0.15, 0.2) is 30.3 Å². The summed E-state index contributed by atoms with van der Waals surface area (Å²) in [5.41, 5.74) is 5.61. The molecule has 0 heterocycles. The van der Waals surface area contributed by atoms with Gasteiger partial charge in [0.2, 0.25) is 0 Å². The number of guanidine groups is 1. The summed E-state index contributed by atoms with van der Waals surface area (Å²) in [6.07, 6.45) is 0. The van der Waals surface area contributed by atoms with Crippen LogP contribution in [0.5, 0.6) is 0 Å². The quantitative estimate of drug-likeness (QED) is 0.281. The average Bonchev–Trinajstić information content (AvgIpc) is 2.38. The second-order valence-electron chi connectivity index (χ2n) is 3.45. The smallest absolute Gasteiger partial charge is 0.338 e. The number of carbonyl (C=O) groups is 1. The molecule has 6 nitrogen and oxygen atoms in total. The van der Waals surface area contributed by atoms with Crippen LogP contribution >= 0.6 is 0 Å². The molecule has 0 aliphatic rings. The second kappa shape index (κ2) is 8.08. The number of rotatable bonds is 7. The molecule has 98 valence electrons. The van der Waals surface area contributed by atoms with Gasteiger partial charge in [-0.25, -0.2) is 4.79 Å². The molecule has 0 aliphatic heterocycles. The molecule has 0 atom stereocenters. The number of nitrogens with two attached hydrogens (primary N) is 1. The summed E-state index contributed by atoms with van der Waals surface area (Å²) in [5.74, 6) is -0.449. The van der Waals surface area contributed by atoms with Crippen LogP contribution in [-0.2, 0) is 9.47 Å². The molecule has 0 spiro atoms. The van der Waals surface area contributed by atoms with Crippen molar-refractivity contribution < 1.29 is 14.3 Å². The summed E-state index contributed by atoms with van der Waals surface area (Å²) in [6, 6.07) is 8.78. The van der Waals surface area contributed by atoms with E-state index in [0.717, 1.165) is 0 Å². The zero-order valence-electron chi connectivity index (χ0n) is 10.0. The summed E-state index contributed by atoms with van der Waals surface area (Å²) in [6.45, 7) is 1.39. The minimum absolute atomic E-state index is 0.0888. The molecule has 1 rings (SSSR count). The Bertz CT molecular complexity index is 381. The first-order valence-corrected chi connectivity index (χ1v) is 5.58. The molecule has 0 amide bonds. The zero-order valence-corrected chi connectivity index (χ0v) is 10.0. The topological polar surface area (TPSA) is 97.4 Å². The molecule has 0 saturated heterocycles. The van der Waals surface area contributed by atoms with Crippen LogP contribution in [0, 0.1) is 5.41 Å². The van der Waals surface area contributed by atoms with Crippen molar-refractivity contribution >= 4 is 11.9 Å². The van der Waals surface area contributed by atoms with E-state index in [4.69, 9.17) is 20.6 Å². The Kier molecular flexibility index (Phi) is 6.27. The van der Waals surface area contributed by atoms with Gasteiger partial charge in [0.15, 0.2) is 5.96 Å². The Balaban J connectivity index is 2.05. The second-order valence-corrected chi connectivity index (χ2v) is 3.45. The van der Waals surface area contributed by atoms with Crippen LogP contribution in [0.4, 0.5) is 0 Å². The Hall–Kier alpha value is -2.08. The highest BCUT2D eigenvalue weighted by molar-refractivity contribution is 5.89. The van der Waals surface area contributed by atoms with E-state index in [2.05, 4.69) is 5.32 Å². The van der Waals surface area contributed by atoms with E-state index in [0.29, 0.717) is 25.3 Å². The molecule has 1 aromatic carbocycles. The van der Waals surface area contributed by atoms with E-state index in [1.807, 2.05) is 6.07 Å². The number of hydrogen-bond acceptors (Lipinski definition) is 4. The predicted octanol–water partition coefficient (Wildman–Crippen LogP) is 0.343. The van der Waals surface area contributed by atoms with Gasteiger partial charge in [-0.3, -0.25) is 5.41 Å². The third-order valence-electron chi connectivity index (χ3n) is 2.03. The van der Waals surface area contributed by atoms with E-state index in [-0.39, 0.29) is 18.5 Å². The molecule has 4 N–H and O–H groups in total. The van der Waals surface area contributed by atoms with Gasteiger partial charge in [-0.05, 0) is 12.1 Å². The van der Waals surface area contributed by atoms with Gasteiger partial charge in [-0.1, -0.05) is 18.2 Å². The summed E-state index contributed by atoms with van der Waals surface area (Å²) in [4.78, 5) is 11.5. The Morgan fingerprint density at radius 2 is 1.94 bits per heavy atom. The lowest BCUT2D eigenvalue weighted by atomic mass is 10.2. The van der Waals surface area contributed by atoms with Gasteiger partial charge >= 0.3 is 5.97 Å². The largest absolute Gasteiger partial charge is 0.460 e. The van der Waals surface area contributed by atoms with E-state index in [1.165, 1.54) is 0 Å². The maximum absolute atomic E-state index is 11.5. The van der Waals surface area contributed by atoms with Crippen molar-refractivity contribution in [2.75, 3.05) is 26.4 Å². The molecule has 1 aromatic rings. The summed E-state index contributed by atoms with van der Waals surface area (Å²) < 4.78 is 10.2. The number of carbonyl (C=O) groups excluding carboxylic acids is 1. The van der Waals surface area contributed by atoms with Gasteiger partial charge in [0.1, 0.15) is 6.61 Å². The lowest BCUT2D eigenvalue weighted by Gasteiger charge is -2.06. The van der Waals surface area contributed by atoms with Crippen LogP contribution in [0.3, 0.4) is 0 Å². The summed E-state index contributed by atoms with van der Waals surface area (Å²) >= 11 is 0. The lowest BCUT2D eigenvalue weighted by molar-refractivity contribution is 0.0325. The fraction of sp³-hybridized carbons (Fsp3) is 0.333. The van der Waals surface area contributed by atoms with Crippen molar-refractivity contribution in [3.8, 4) is 0 Å². The van der Waals surface area contributed by atoms with Gasteiger partial charge in [-0.2, -0.15) is 0 Å². The van der Waals surface area contributed by atoms with E-state index in [9.17, 15) is 4.79 Å². The SMILES string of the molecule is N=C(N)NCCOCCOC(=O)c1ccccc1. The predicted molar refractivity (Wildman–Crippen MR) is 67.5 cm³/mol. The van der Waals surface area contributed by atoms with Gasteiger partial charge in [0.25, 0.3) is 0 Å². The number of hydrogen-bond donors (Lipinski definition) is 3. The monoisotopic (exact) mass is 251 g/mol. The molecular weight excluding hydrogens is 234 g/mol. The first kappa shape index (κ1) is 14.0. The third kappa shape index (κ3) is 5.86. The number of benzene rings is 1. The highest BCUT2D eigenvalue weighted by Crippen LogP contribution is 2.00. The van der Waals surface area contributed by atoms with Crippen molar-refractivity contribution in [3.63, 3.8) is 0 Å².